The number of ether oxygens (including phenoxy) is 2. The van der Waals surface area contributed by atoms with E-state index in [-0.39, 0.29) is 103 Å². The zero-order valence-electron chi connectivity index (χ0n) is 54.6. The number of amides is 6. The van der Waals surface area contributed by atoms with Crippen LogP contribution in [0.4, 0.5) is 110 Å². The summed E-state index contributed by atoms with van der Waals surface area (Å²) in [7, 11) is 2.61. The molecule has 8 heterocycles. The first kappa shape index (κ1) is 81.1. The number of nitrogens with one attached hydrogen (secondary N) is 4. The van der Waals surface area contributed by atoms with Gasteiger partial charge in [-0.25, -0.2) is 68.3 Å². The lowest BCUT2D eigenvalue weighted by molar-refractivity contribution is -0.192. The number of carboxylic acids is 1. The summed E-state index contributed by atoms with van der Waals surface area (Å²) in [5.41, 5.74) is 1.83. The van der Waals surface area contributed by atoms with Crippen molar-refractivity contribution >= 4 is 64.6 Å². The minimum atomic E-state index is -5.08. The van der Waals surface area contributed by atoms with E-state index in [0.29, 0.717) is 60.7 Å². The molecule has 4 aromatic heterocycles. The molecule has 5 N–H and O–H groups in total. The minimum Gasteiger partial charge on any atom is -0.475 e. The number of Topliss-reactive ketones (excluding diaryl/α,β-unsaturated/α-hetero) is 2. The number of carboxylic acid groups (broad SMARTS) is 1. The number of halogens is 18. The maximum atomic E-state index is 13.3. The van der Waals surface area contributed by atoms with Gasteiger partial charge in [-0.2, -0.15) is 59.9 Å². The van der Waals surface area contributed by atoms with Crippen LogP contribution in [0, 0.1) is 64.2 Å². The van der Waals surface area contributed by atoms with Crippen LogP contribution in [0.25, 0.3) is 0 Å². The first-order valence-electron chi connectivity index (χ1n) is 30.3. The van der Waals surface area contributed by atoms with Gasteiger partial charge in [0.1, 0.15) is 11.1 Å². The van der Waals surface area contributed by atoms with E-state index >= 15 is 0 Å². The second-order valence-electron chi connectivity index (χ2n) is 22.8. The third kappa shape index (κ3) is 20.6. The number of aliphatic carboxylic acids is 1. The number of carbonyl (C=O) groups excluding carboxylic acids is 7. The Labute approximate surface area is 578 Å². The molecule has 4 aliphatic heterocycles. The summed E-state index contributed by atoms with van der Waals surface area (Å²) in [5, 5.41) is 33.1. The van der Waals surface area contributed by atoms with Crippen LogP contribution in [-0.4, -0.2) is 165 Å². The van der Waals surface area contributed by atoms with E-state index in [1.165, 1.54) is 44.5 Å². The van der Waals surface area contributed by atoms with Gasteiger partial charge in [0, 0.05) is 99.0 Å². The fourth-order valence-electron chi connectivity index (χ4n) is 9.96. The number of ketones is 2. The molecule has 0 aliphatic carbocycles. The van der Waals surface area contributed by atoms with Gasteiger partial charge in [-0.1, -0.05) is 13.8 Å². The van der Waals surface area contributed by atoms with Crippen LogP contribution in [0.2, 0.25) is 0 Å². The molecular weight excluding hydrogens is 1460 g/mol. The molecule has 11 rings (SSSR count). The second kappa shape index (κ2) is 33.9. The van der Waals surface area contributed by atoms with Crippen LogP contribution in [-0.2, 0) is 66.6 Å². The largest absolute Gasteiger partial charge is 0.490 e. The molecule has 26 nitrogen and oxygen atoms in total. The molecule has 44 heteroatoms. The van der Waals surface area contributed by atoms with Crippen LogP contribution in [0.5, 0.6) is 0 Å². The Morgan fingerprint density at radius 1 is 0.448 bits per heavy atom. The number of rotatable bonds is 11. The van der Waals surface area contributed by atoms with Gasteiger partial charge in [-0.05, 0) is 0 Å². The molecule has 6 amide bonds. The topological polar surface area (TPSA) is 304 Å². The van der Waals surface area contributed by atoms with Gasteiger partial charge in [0.2, 0.25) is 0 Å². The Morgan fingerprint density at radius 3 is 0.990 bits per heavy atom. The number of methoxy groups -OCH3 is 2. The normalized spacial score (nSPS) is 14.4. The van der Waals surface area contributed by atoms with Gasteiger partial charge in [0.05, 0.1) is 131 Å². The summed E-state index contributed by atoms with van der Waals surface area (Å²) in [6.07, 6.45) is -10.4. The van der Waals surface area contributed by atoms with Crippen LogP contribution < -0.4 is 21.3 Å². The molecular formula is C61H57F18N15O11. The summed E-state index contributed by atoms with van der Waals surface area (Å²) in [6.45, 7) is 5.13. The van der Waals surface area contributed by atoms with Gasteiger partial charge in [-0.15, -0.1) is 0 Å². The summed E-state index contributed by atoms with van der Waals surface area (Å²) in [4.78, 5) is 97.3. The van der Waals surface area contributed by atoms with Crippen molar-refractivity contribution < 1.29 is 132 Å². The Hall–Kier alpha value is -11.2. The lowest BCUT2D eigenvalue weighted by Crippen LogP contribution is -2.41. The molecule has 0 fully saturated rings. The molecule has 0 saturated heterocycles. The second-order valence-corrected chi connectivity index (χ2v) is 22.8. The number of anilines is 3. The van der Waals surface area contributed by atoms with Crippen LogP contribution >= 0.6 is 0 Å². The number of fused-ring (bicyclic) bond motifs is 4. The van der Waals surface area contributed by atoms with E-state index < -0.39 is 137 Å². The maximum Gasteiger partial charge on any atom is 0.490 e. The van der Waals surface area contributed by atoms with E-state index in [1.807, 2.05) is 4.68 Å². The van der Waals surface area contributed by atoms with Crippen LogP contribution in [0.1, 0.15) is 90.9 Å². The number of hydrogen-bond acceptors (Lipinski definition) is 15. The SMILES string of the molecule is COC(=O)c1cnn2c1CN(C(=O)Nc1cc(F)c(F)c(F)c1)CC2.COC(=O)c1cnn2c1CNCC2.C[C@@H](CC(=O)c1cnn2c1CN(C(=O)Nc1cc(F)c(F)c(F)c1)CC2)C(F)(F)F.C[C@@H](CC(=O)c1cnn2c1CN(C(=O)Nc1cc(F)c(F)c(F)c1)CC2)C(F)(F)F.O=C(O)C(F)(F)F. The number of esters is 2. The fraction of sp³-hybridized carbons (Fsp3) is 0.377. The van der Waals surface area contributed by atoms with Gasteiger partial charge < -0.3 is 50.5 Å². The van der Waals surface area contributed by atoms with Crippen molar-refractivity contribution in [3.05, 3.63) is 159 Å². The van der Waals surface area contributed by atoms with Crippen molar-refractivity contribution in [2.75, 3.05) is 56.3 Å². The number of nitrogens with zero attached hydrogens (tertiary/aromatic N) is 11. The Bertz CT molecular complexity index is 4180. The summed E-state index contributed by atoms with van der Waals surface area (Å²) >= 11 is 0. The van der Waals surface area contributed by atoms with Crippen molar-refractivity contribution in [2.45, 2.75) is 97.6 Å². The summed E-state index contributed by atoms with van der Waals surface area (Å²) in [6, 6.07) is 1.60. The van der Waals surface area contributed by atoms with E-state index in [9.17, 15) is 113 Å². The highest BCUT2D eigenvalue weighted by Gasteiger charge is 2.41. The number of aromatic nitrogens is 8. The highest BCUT2D eigenvalue weighted by molar-refractivity contribution is 5.98. The smallest absolute Gasteiger partial charge is 0.475 e. The zero-order valence-corrected chi connectivity index (χ0v) is 54.6. The van der Waals surface area contributed by atoms with Gasteiger partial charge in [0.25, 0.3) is 0 Å². The molecule has 105 heavy (non-hydrogen) atoms. The Kier molecular flexibility index (Phi) is 26.2. The fourth-order valence-corrected chi connectivity index (χ4v) is 9.96. The molecule has 7 aromatic rings. The molecule has 2 atom stereocenters. The monoisotopic (exact) mass is 1520 g/mol. The summed E-state index contributed by atoms with van der Waals surface area (Å²) < 4.78 is 242. The first-order chi connectivity index (χ1) is 49.1. The average Bonchev–Trinajstić information content (AvgIpc) is 1.70. The van der Waals surface area contributed by atoms with Crippen molar-refractivity contribution in [1.82, 2.24) is 59.1 Å². The molecule has 0 saturated carbocycles. The molecule has 3 aromatic carbocycles. The van der Waals surface area contributed by atoms with Crippen molar-refractivity contribution in [2.24, 2.45) is 11.8 Å². The Balaban J connectivity index is 0.000000195. The minimum absolute atomic E-state index is 0.0255. The van der Waals surface area contributed by atoms with Gasteiger partial charge in [0.15, 0.2) is 63.9 Å². The standard InChI is InChI=1S/2C18H16F6N4O2.C15H13F3N4O3.C8H11N3O2.C2HF3O2/c2*1-9(18(22,23)24)4-15(29)11-7-25-28-3-2-27(8-14(11)28)17(30)26-10-5-12(19)16(21)13(20)6-10;1-25-14(23)9-6-19-22-3-2-21(7-12(9)22)15(24)20-8-4-10(16)13(18)11(17)5-8;1-13-8(12)6-4-10-11-3-2-9-5-7(6)11;3-2(4,5)1(6)7/h2*5-7,9H,2-4,8H2,1H3,(H,26,30);4-6H,2-3,7H2,1H3,(H,20,24);4,9H,2-3,5H2,1H3;(H,6,7)/t2*9-;;;/m00.../s1. The van der Waals surface area contributed by atoms with Gasteiger partial charge in [-0.3, -0.25) is 28.3 Å². The lowest BCUT2D eigenvalue weighted by atomic mass is 9.99. The third-order valence-corrected chi connectivity index (χ3v) is 15.7. The molecule has 0 unspecified atom stereocenters. The number of alkyl halides is 9. The van der Waals surface area contributed by atoms with Crippen LogP contribution in [0.3, 0.4) is 0 Å². The first-order valence-corrected chi connectivity index (χ1v) is 30.3. The van der Waals surface area contributed by atoms with Crippen molar-refractivity contribution in [3.63, 3.8) is 0 Å². The Morgan fingerprint density at radius 2 is 0.714 bits per heavy atom. The van der Waals surface area contributed by atoms with E-state index in [1.54, 1.807) is 10.9 Å². The van der Waals surface area contributed by atoms with E-state index in [0.717, 1.165) is 45.0 Å². The third-order valence-electron chi connectivity index (χ3n) is 15.7. The van der Waals surface area contributed by atoms with E-state index in [4.69, 9.17) is 9.90 Å². The molecule has 4 aliphatic rings. The number of urea groups is 3. The molecule has 0 bridgehead atoms. The van der Waals surface area contributed by atoms with Gasteiger partial charge >= 0.3 is 54.5 Å². The quantitative estimate of drug-likeness (QED) is 0.0348. The predicted octanol–water partition coefficient (Wildman–Crippen LogP) is 10.8. The number of benzene rings is 3. The zero-order chi connectivity index (χ0) is 77.9. The molecule has 568 valence electrons. The van der Waals surface area contributed by atoms with Crippen molar-refractivity contribution in [1.29, 1.82) is 0 Å². The average molecular weight is 1520 g/mol. The number of hydrogen-bond donors (Lipinski definition) is 5. The highest BCUT2D eigenvalue weighted by atomic mass is 19.4. The van der Waals surface area contributed by atoms with Crippen molar-refractivity contribution in [3.8, 4) is 0 Å². The molecule has 0 radical (unpaired) electrons. The number of carbonyl (C=O) groups is 8. The predicted molar refractivity (Wildman–Crippen MR) is 323 cm³/mol. The molecule has 0 spiro atoms. The maximum absolute atomic E-state index is 13.3. The highest BCUT2D eigenvalue weighted by Crippen LogP contribution is 2.33. The summed E-state index contributed by atoms with van der Waals surface area (Å²) in [5.74, 6) is -22.5. The lowest BCUT2D eigenvalue weighted by Gasteiger charge is -2.28. The van der Waals surface area contributed by atoms with Crippen LogP contribution in [0.15, 0.2) is 61.2 Å². The van der Waals surface area contributed by atoms with E-state index in [2.05, 4.69) is 51.1 Å².